The molecule has 0 aliphatic heterocycles. The van der Waals surface area contributed by atoms with Gasteiger partial charge in [0.2, 0.25) is 0 Å². The first-order valence-electron chi connectivity index (χ1n) is 6.88. The standard InChI is InChI=1S/C14H26N2OS/c1-4-13-7-8-14(18-13)10-15-9-12(17)11-16(5-2)6-3/h7-8,12,15,17H,4-6,9-11H2,1-3H3. The molecule has 1 aromatic heterocycles. The number of aryl methyl sites for hydroxylation is 1. The molecule has 0 bridgehead atoms. The second-order valence-corrected chi connectivity index (χ2v) is 5.75. The number of rotatable bonds is 9. The Morgan fingerprint density at radius 3 is 2.44 bits per heavy atom. The molecular formula is C14H26N2OS. The summed E-state index contributed by atoms with van der Waals surface area (Å²) < 4.78 is 0. The molecule has 1 atom stereocenters. The third kappa shape index (κ3) is 5.48. The van der Waals surface area contributed by atoms with Crippen molar-refractivity contribution in [1.82, 2.24) is 10.2 Å². The normalized spacial score (nSPS) is 13.2. The number of likely N-dealkylation sites (N-methyl/N-ethyl adjacent to an activating group) is 1. The lowest BCUT2D eigenvalue weighted by atomic mass is 10.3. The average molecular weight is 270 g/mol. The minimum absolute atomic E-state index is 0.282. The van der Waals surface area contributed by atoms with Crippen LogP contribution in [0.15, 0.2) is 12.1 Å². The highest BCUT2D eigenvalue weighted by Crippen LogP contribution is 2.16. The van der Waals surface area contributed by atoms with E-state index in [2.05, 4.69) is 43.1 Å². The summed E-state index contributed by atoms with van der Waals surface area (Å²) in [6.07, 6.45) is 0.824. The maximum atomic E-state index is 9.91. The van der Waals surface area contributed by atoms with Gasteiger partial charge < -0.3 is 15.3 Å². The summed E-state index contributed by atoms with van der Waals surface area (Å²) in [7, 11) is 0. The minimum Gasteiger partial charge on any atom is -0.390 e. The van der Waals surface area contributed by atoms with Gasteiger partial charge in [0, 0.05) is 29.4 Å². The molecule has 1 heterocycles. The van der Waals surface area contributed by atoms with E-state index >= 15 is 0 Å². The molecule has 0 saturated carbocycles. The molecule has 0 saturated heterocycles. The van der Waals surface area contributed by atoms with Crippen molar-refractivity contribution >= 4 is 11.3 Å². The zero-order valence-electron chi connectivity index (χ0n) is 11.8. The highest BCUT2D eigenvalue weighted by atomic mass is 32.1. The molecule has 0 aromatic carbocycles. The van der Waals surface area contributed by atoms with E-state index in [9.17, 15) is 5.11 Å². The fraction of sp³-hybridized carbons (Fsp3) is 0.714. The van der Waals surface area contributed by atoms with Gasteiger partial charge in [0.25, 0.3) is 0 Å². The van der Waals surface area contributed by atoms with E-state index in [-0.39, 0.29) is 6.10 Å². The van der Waals surface area contributed by atoms with Gasteiger partial charge in [-0.2, -0.15) is 0 Å². The predicted molar refractivity (Wildman–Crippen MR) is 79.2 cm³/mol. The van der Waals surface area contributed by atoms with Crippen LogP contribution in [0.4, 0.5) is 0 Å². The molecule has 3 nitrogen and oxygen atoms in total. The lowest BCUT2D eigenvalue weighted by Gasteiger charge is -2.21. The summed E-state index contributed by atoms with van der Waals surface area (Å²) in [6.45, 7) is 10.7. The van der Waals surface area contributed by atoms with E-state index in [1.165, 1.54) is 9.75 Å². The Morgan fingerprint density at radius 1 is 1.22 bits per heavy atom. The van der Waals surface area contributed by atoms with Crippen LogP contribution < -0.4 is 5.32 Å². The molecule has 0 fully saturated rings. The van der Waals surface area contributed by atoms with Crippen molar-refractivity contribution in [2.45, 2.75) is 39.8 Å². The van der Waals surface area contributed by atoms with Gasteiger partial charge in [-0.1, -0.05) is 20.8 Å². The van der Waals surface area contributed by atoms with E-state index in [4.69, 9.17) is 0 Å². The fourth-order valence-corrected chi connectivity index (χ4v) is 2.84. The van der Waals surface area contributed by atoms with Crippen LogP contribution in [0.5, 0.6) is 0 Å². The molecule has 0 aliphatic carbocycles. The first-order valence-corrected chi connectivity index (χ1v) is 7.69. The number of nitrogens with one attached hydrogen (secondary N) is 1. The van der Waals surface area contributed by atoms with E-state index < -0.39 is 0 Å². The van der Waals surface area contributed by atoms with Crippen LogP contribution in [0.1, 0.15) is 30.5 Å². The van der Waals surface area contributed by atoms with Crippen molar-refractivity contribution in [2.75, 3.05) is 26.2 Å². The summed E-state index contributed by atoms with van der Waals surface area (Å²) in [6, 6.07) is 4.36. The van der Waals surface area contributed by atoms with Crippen LogP contribution >= 0.6 is 11.3 Å². The lowest BCUT2D eigenvalue weighted by Crippen LogP contribution is -2.38. The molecule has 1 unspecified atom stereocenters. The highest BCUT2D eigenvalue weighted by molar-refractivity contribution is 7.11. The molecule has 4 heteroatoms. The summed E-state index contributed by atoms with van der Waals surface area (Å²) in [5.41, 5.74) is 0. The summed E-state index contributed by atoms with van der Waals surface area (Å²) in [5.74, 6) is 0. The summed E-state index contributed by atoms with van der Waals surface area (Å²) in [5, 5.41) is 13.2. The molecule has 0 spiro atoms. The van der Waals surface area contributed by atoms with Crippen LogP contribution in [0.25, 0.3) is 0 Å². The van der Waals surface area contributed by atoms with E-state index in [1.54, 1.807) is 0 Å². The van der Waals surface area contributed by atoms with Gasteiger partial charge in [0.15, 0.2) is 0 Å². The Hall–Kier alpha value is -0.420. The van der Waals surface area contributed by atoms with Crippen molar-refractivity contribution in [3.63, 3.8) is 0 Å². The van der Waals surface area contributed by atoms with Crippen molar-refractivity contribution in [3.05, 3.63) is 21.9 Å². The molecule has 104 valence electrons. The predicted octanol–water partition coefficient (Wildman–Crippen LogP) is 2.10. The van der Waals surface area contributed by atoms with E-state index in [1.807, 2.05) is 11.3 Å². The largest absolute Gasteiger partial charge is 0.390 e. The molecule has 0 aliphatic rings. The molecule has 1 aromatic rings. The minimum atomic E-state index is -0.282. The maximum absolute atomic E-state index is 9.91. The van der Waals surface area contributed by atoms with Gasteiger partial charge in [-0.3, -0.25) is 0 Å². The lowest BCUT2D eigenvalue weighted by molar-refractivity contribution is 0.116. The maximum Gasteiger partial charge on any atom is 0.0791 e. The fourth-order valence-electron chi connectivity index (χ4n) is 1.91. The smallest absolute Gasteiger partial charge is 0.0791 e. The third-order valence-corrected chi connectivity index (χ3v) is 4.34. The first-order chi connectivity index (χ1) is 8.69. The summed E-state index contributed by atoms with van der Waals surface area (Å²) in [4.78, 5) is 5.02. The SMILES string of the molecule is CCc1ccc(CNCC(O)CN(CC)CC)s1. The number of hydrogen-bond donors (Lipinski definition) is 2. The zero-order valence-corrected chi connectivity index (χ0v) is 12.6. The van der Waals surface area contributed by atoms with Crippen molar-refractivity contribution in [3.8, 4) is 0 Å². The topological polar surface area (TPSA) is 35.5 Å². The van der Waals surface area contributed by atoms with Gasteiger partial charge in [-0.15, -0.1) is 11.3 Å². The Bertz CT molecular complexity index is 323. The number of aliphatic hydroxyl groups is 1. The Balaban J connectivity index is 2.20. The number of thiophene rings is 1. The zero-order chi connectivity index (χ0) is 13.4. The van der Waals surface area contributed by atoms with Crippen LogP contribution in [0.3, 0.4) is 0 Å². The molecule has 2 N–H and O–H groups in total. The monoisotopic (exact) mass is 270 g/mol. The van der Waals surface area contributed by atoms with Crippen molar-refractivity contribution in [2.24, 2.45) is 0 Å². The van der Waals surface area contributed by atoms with Crippen LogP contribution in [-0.4, -0.2) is 42.3 Å². The highest BCUT2D eigenvalue weighted by Gasteiger charge is 2.08. The number of hydrogen-bond acceptors (Lipinski definition) is 4. The quantitative estimate of drug-likeness (QED) is 0.721. The van der Waals surface area contributed by atoms with Gasteiger partial charge in [-0.25, -0.2) is 0 Å². The van der Waals surface area contributed by atoms with E-state index in [0.717, 1.165) is 32.6 Å². The van der Waals surface area contributed by atoms with Gasteiger partial charge in [0.05, 0.1) is 6.10 Å². The van der Waals surface area contributed by atoms with Crippen LogP contribution in [0.2, 0.25) is 0 Å². The van der Waals surface area contributed by atoms with Crippen molar-refractivity contribution < 1.29 is 5.11 Å². The second-order valence-electron chi connectivity index (χ2n) is 4.49. The van der Waals surface area contributed by atoms with Gasteiger partial charge >= 0.3 is 0 Å². The average Bonchev–Trinajstić information content (AvgIpc) is 2.84. The molecule has 1 rings (SSSR count). The molecule has 0 radical (unpaired) electrons. The Kier molecular flexibility index (Phi) is 7.51. The van der Waals surface area contributed by atoms with Gasteiger partial charge in [0.1, 0.15) is 0 Å². The Labute approximate surface area is 115 Å². The molecule has 18 heavy (non-hydrogen) atoms. The number of nitrogens with zero attached hydrogens (tertiary/aromatic N) is 1. The van der Waals surface area contributed by atoms with E-state index in [0.29, 0.717) is 6.54 Å². The van der Waals surface area contributed by atoms with Crippen molar-refractivity contribution in [1.29, 1.82) is 0 Å². The van der Waals surface area contributed by atoms with Crippen LogP contribution in [0, 0.1) is 0 Å². The number of aliphatic hydroxyl groups excluding tert-OH is 1. The third-order valence-electron chi connectivity index (χ3n) is 3.11. The first kappa shape index (κ1) is 15.6. The Morgan fingerprint density at radius 2 is 1.89 bits per heavy atom. The molecular weight excluding hydrogens is 244 g/mol. The summed E-state index contributed by atoms with van der Waals surface area (Å²) >= 11 is 1.85. The van der Waals surface area contributed by atoms with Crippen LogP contribution in [-0.2, 0) is 13.0 Å². The van der Waals surface area contributed by atoms with Gasteiger partial charge in [-0.05, 0) is 31.6 Å². The molecule has 0 amide bonds. The second kappa shape index (κ2) is 8.64.